The maximum absolute atomic E-state index is 5.39. The highest BCUT2D eigenvalue weighted by molar-refractivity contribution is 7.80. The first-order valence-corrected chi connectivity index (χ1v) is 9.46. The molecule has 1 heterocycles. The molecule has 25 heavy (non-hydrogen) atoms. The van der Waals surface area contributed by atoms with Crippen LogP contribution in [0.4, 0.5) is 11.4 Å². The predicted octanol–water partition coefficient (Wildman–Crippen LogP) is 4.72. The van der Waals surface area contributed by atoms with Crippen molar-refractivity contribution < 1.29 is 0 Å². The van der Waals surface area contributed by atoms with Crippen molar-refractivity contribution >= 4 is 28.7 Å². The van der Waals surface area contributed by atoms with Gasteiger partial charge in [-0.3, -0.25) is 0 Å². The zero-order valence-corrected chi connectivity index (χ0v) is 15.9. The fourth-order valence-corrected chi connectivity index (χ4v) is 3.52. The van der Waals surface area contributed by atoms with Gasteiger partial charge in [-0.05, 0) is 73.3 Å². The minimum Gasteiger partial charge on any atom is -0.371 e. The van der Waals surface area contributed by atoms with Crippen molar-refractivity contribution in [1.82, 2.24) is 5.32 Å². The normalized spacial score (nSPS) is 17.2. The van der Waals surface area contributed by atoms with Crippen molar-refractivity contribution in [3.8, 4) is 0 Å². The molecule has 0 unspecified atom stereocenters. The Morgan fingerprint density at radius 2 is 2.00 bits per heavy atom. The van der Waals surface area contributed by atoms with Crippen molar-refractivity contribution in [2.45, 2.75) is 33.2 Å². The molecule has 2 aromatic carbocycles. The van der Waals surface area contributed by atoms with E-state index in [-0.39, 0.29) is 0 Å². The van der Waals surface area contributed by atoms with E-state index in [1.54, 1.807) is 0 Å². The van der Waals surface area contributed by atoms with Crippen molar-refractivity contribution in [2.24, 2.45) is 5.92 Å². The fraction of sp³-hybridized carbons (Fsp3) is 0.381. The number of rotatable bonds is 4. The monoisotopic (exact) mass is 353 g/mol. The predicted molar refractivity (Wildman–Crippen MR) is 111 cm³/mol. The zero-order chi connectivity index (χ0) is 17.6. The van der Waals surface area contributed by atoms with Crippen LogP contribution in [-0.2, 0) is 6.54 Å². The number of hydrogen-bond donors (Lipinski definition) is 2. The zero-order valence-electron chi connectivity index (χ0n) is 15.1. The Morgan fingerprint density at radius 1 is 1.20 bits per heavy atom. The summed E-state index contributed by atoms with van der Waals surface area (Å²) in [5.74, 6) is 0.792. The third-order valence-electron chi connectivity index (χ3n) is 4.69. The van der Waals surface area contributed by atoms with Gasteiger partial charge < -0.3 is 15.5 Å². The number of hydrogen-bond acceptors (Lipinski definition) is 2. The molecule has 3 rings (SSSR count). The summed E-state index contributed by atoms with van der Waals surface area (Å²) in [4.78, 5) is 2.50. The van der Waals surface area contributed by atoms with Crippen LogP contribution in [0.15, 0.2) is 48.5 Å². The van der Waals surface area contributed by atoms with Crippen molar-refractivity contribution in [1.29, 1.82) is 0 Å². The van der Waals surface area contributed by atoms with Gasteiger partial charge in [0, 0.05) is 31.0 Å². The van der Waals surface area contributed by atoms with Crippen LogP contribution in [0.5, 0.6) is 0 Å². The van der Waals surface area contributed by atoms with Crippen molar-refractivity contribution in [3.05, 3.63) is 59.7 Å². The molecule has 1 aliphatic heterocycles. The third-order valence-corrected chi connectivity index (χ3v) is 4.93. The molecule has 0 saturated carbocycles. The first kappa shape index (κ1) is 17.7. The van der Waals surface area contributed by atoms with Gasteiger partial charge in [-0.1, -0.05) is 31.2 Å². The lowest BCUT2D eigenvalue weighted by atomic mass is 9.99. The molecule has 3 nitrogen and oxygen atoms in total. The first-order valence-electron chi connectivity index (χ1n) is 9.05. The molecule has 0 aliphatic carbocycles. The Morgan fingerprint density at radius 3 is 2.72 bits per heavy atom. The summed E-state index contributed by atoms with van der Waals surface area (Å²) in [5.41, 5.74) is 4.81. The molecule has 132 valence electrons. The number of thiocarbonyl (C=S) groups is 1. The summed E-state index contributed by atoms with van der Waals surface area (Å²) in [5, 5.41) is 7.17. The molecule has 0 amide bonds. The van der Waals surface area contributed by atoms with Gasteiger partial charge in [-0.2, -0.15) is 0 Å². The number of benzene rings is 2. The van der Waals surface area contributed by atoms with Crippen molar-refractivity contribution in [3.63, 3.8) is 0 Å². The largest absolute Gasteiger partial charge is 0.371 e. The topological polar surface area (TPSA) is 27.3 Å². The number of nitrogens with zero attached hydrogens (tertiary/aromatic N) is 1. The minimum atomic E-state index is 0.652. The molecule has 2 N–H and O–H groups in total. The summed E-state index contributed by atoms with van der Waals surface area (Å²) in [7, 11) is 0. The summed E-state index contributed by atoms with van der Waals surface area (Å²) in [6, 6.07) is 17.1. The molecule has 2 aromatic rings. The third kappa shape index (κ3) is 5.20. The number of anilines is 2. The molecule has 0 bridgehead atoms. The highest BCUT2D eigenvalue weighted by Gasteiger charge is 2.16. The summed E-state index contributed by atoms with van der Waals surface area (Å²) >= 11 is 5.39. The van der Waals surface area contributed by atoms with E-state index in [2.05, 4.69) is 65.8 Å². The Kier molecular flexibility index (Phi) is 5.92. The van der Waals surface area contributed by atoms with E-state index in [4.69, 9.17) is 12.2 Å². The van der Waals surface area contributed by atoms with E-state index in [0.29, 0.717) is 5.11 Å². The summed E-state index contributed by atoms with van der Waals surface area (Å²) < 4.78 is 0. The van der Waals surface area contributed by atoms with Crippen LogP contribution in [0.25, 0.3) is 0 Å². The standard InChI is InChI=1S/C21H27N3S/c1-16-5-3-7-19(13-16)23-21(25)22-14-18-8-10-20(11-9-18)24-12-4-6-17(2)15-24/h3,5,7-11,13,17H,4,6,12,14-15H2,1-2H3,(H2,22,23,25)/t17-/m1/s1. The van der Waals surface area contributed by atoms with Crippen LogP contribution in [0.2, 0.25) is 0 Å². The van der Waals surface area contributed by atoms with Gasteiger partial charge in [-0.25, -0.2) is 0 Å². The Labute approximate surface area is 156 Å². The molecule has 0 radical (unpaired) electrons. The van der Waals surface area contributed by atoms with E-state index in [9.17, 15) is 0 Å². The summed E-state index contributed by atoms with van der Waals surface area (Å²) in [6.07, 6.45) is 2.65. The number of piperidine rings is 1. The highest BCUT2D eigenvalue weighted by Crippen LogP contribution is 2.23. The average Bonchev–Trinajstić information content (AvgIpc) is 2.60. The number of aryl methyl sites for hydroxylation is 1. The van der Waals surface area contributed by atoms with Gasteiger partial charge in [0.15, 0.2) is 5.11 Å². The molecular weight excluding hydrogens is 326 g/mol. The second-order valence-electron chi connectivity index (χ2n) is 7.04. The Balaban J connectivity index is 1.50. The summed E-state index contributed by atoms with van der Waals surface area (Å²) in [6.45, 7) is 7.49. The minimum absolute atomic E-state index is 0.652. The molecule has 0 spiro atoms. The molecule has 1 atom stereocenters. The number of nitrogens with one attached hydrogen (secondary N) is 2. The van der Waals surface area contributed by atoms with Gasteiger partial charge in [0.25, 0.3) is 0 Å². The van der Waals surface area contributed by atoms with E-state index in [0.717, 1.165) is 18.2 Å². The average molecular weight is 354 g/mol. The molecule has 1 aliphatic rings. The first-order chi connectivity index (χ1) is 12.1. The van der Waals surface area contributed by atoms with E-state index >= 15 is 0 Å². The van der Waals surface area contributed by atoms with Crippen LogP contribution in [0, 0.1) is 12.8 Å². The van der Waals surface area contributed by atoms with Gasteiger partial charge in [0.05, 0.1) is 0 Å². The van der Waals surface area contributed by atoms with E-state index in [1.807, 2.05) is 12.1 Å². The van der Waals surface area contributed by atoms with Gasteiger partial charge in [0.2, 0.25) is 0 Å². The fourth-order valence-electron chi connectivity index (χ4n) is 3.33. The molecule has 4 heteroatoms. The quantitative estimate of drug-likeness (QED) is 0.778. The maximum atomic E-state index is 5.39. The molecule has 1 fully saturated rings. The Bertz CT molecular complexity index is 711. The Hall–Kier alpha value is -2.07. The second kappa shape index (κ2) is 8.34. The van der Waals surface area contributed by atoms with E-state index in [1.165, 1.54) is 42.7 Å². The van der Waals surface area contributed by atoms with Crippen LogP contribution in [0.1, 0.15) is 30.9 Å². The van der Waals surface area contributed by atoms with Crippen LogP contribution in [0.3, 0.4) is 0 Å². The SMILES string of the molecule is Cc1cccc(NC(=S)NCc2ccc(N3CCC[C@@H](C)C3)cc2)c1. The van der Waals surface area contributed by atoms with Crippen LogP contribution in [-0.4, -0.2) is 18.2 Å². The lowest BCUT2D eigenvalue weighted by Gasteiger charge is -2.32. The highest BCUT2D eigenvalue weighted by atomic mass is 32.1. The maximum Gasteiger partial charge on any atom is 0.171 e. The van der Waals surface area contributed by atoms with Crippen molar-refractivity contribution in [2.75, 3.05) is 23.3 Å². The second-order valence-corrected chi connectivity index (χ2v) is 7.45. The lowest BCUT2D eigenvalue weighted by molar-refractivity contribution is 0.447. The smallest absolute Gasteiger partial charge is 0.171 e. The molecule has 0 aromatic heterocycles. The van der Waals surface area contributed by atoms with Crippen LogP contribution < -0.4 is 15.5 Å². The van der Waals surface area contributed by atoms with Gasteiger partial charge in [0.1, 0.15) is 0 Å². The lowest BCUT2D eigenvalue weighted by Crippen LogP contribution is -2.34. The van der Waals surface area contributed by atoms with Gasteiger partial charge >= 0.3 is 0 Å². The molecule has 1 saturated heterocycles. The molecular formula is C21H27N3S. The van der Waals surface area contributed by atoms with E-state index < -0.39 is 0 Å². The van der Waals surface area contributed by atoms with Crippen LogP contribution >= 0.6 is 12.2 Å². The van der Waals surface area contributed by atoms with Gasteiger partial charge in [-0.15, -0.1) is 0 Å².